The molecule has 2 heterocycles. The molecule has 1 saturated heterocycles. The summed E-state index contributed by atoms with van der Waals surface area (Å²) in [7, 11) is 0. The summed E-state index contributed by atoms with van der Waals surface area (Å²) in [5.41, 5.74) is 0.805. The molecule has 1 aliphatic heterocycles. The van der Waals surface area contributed by atoms with Crippen molar-refractivity contribution in [3.63, 3.8) is 0 Å². The number of carbonyl (C=O) groups is 1. The molecule has 2 aliphatic rings. The van der Waals surface area contributed by atoms with E-state index in [1.807, 2.05) is 11.8 Å². The molecule has 1 aromatic heterocycles. The zero-order valence-electron chi connectivity index (χ0n) is 17.2. The van der Waals surface area contributed by atoms with E-state index in [-0.39, 0.29) is 42.5 Å². The fourth-order valence-electron chi connectivity index (χ4n) is 4.07. The Labute approximate surface area is 190 Å². The number of amides is 1. The first kappa shape index (κ1) is 23.9. The van der Waals surface area contributed by atoms with Crippen LogP contribution in [0.2, 0.25) is 0 Å². The van der Waals surface area contributed by atoms with Gasteiger partial charge in [-0.05, 0) is 43.9 Å². The Morgan fingerprint density at radius 1 is 1.28 bits per heavy atom. The van der Waals surface area contributed by atoms with Crippen molar-refractivity contribution < 1.29 is 9.90 Å². The van der Waals surface area contributed by atoms with Crippen LogP contribution in [0.3, 0.4) is 0 Å². The van der Waals surface area contributed by atoms with E-state index < -0.39 is 6.10 Å². The molecular formula is C21H34IN5O2. The van der Waals surface area contributed by atoms with Crippen LogP contribution < -0.4 is 10.6 Å². The van der Waals surface area contributed by atoms with E-state index in [0.717, 1.165) is 44.5 Å². The van der Waals surface area contributed by atoms with Gasteiger partial charge in [-0.3, -0.25) is 14.8 Å². The van der Waals surface area contributed by atoms with Gasteiger partial charge in [-0.25, -0.2) is 0 Å². The molecule has 2 fully saturated rings. The molecule has 2 atom stereocenters. The van der Waals surface area contributed by atoms with Crippen molar-refractivity contribution in [1.29, 1.82) is 0 Å². The highest BCUT2D eigenvalue weighted by Crippen LogP contribution is 2.26. The minimum absolute atomic E-state index is 0. The summed E-state index contributed by atoms with van der Waals surface area (Å²) in [4.78, 5) is 23.3. The summed E-state index contributed by atoms with van der Waals surface area (Å²) in [6.07, 6.45) is 9.33. The molecule has 0 bridgehead atoms. The Balaban J connectivity index is 0.00000300. The van der Waals surface area contributed by atoms with Gasteiger partial charge in [0.05, 0.1) is 12.6 Å². The van der Waals surface area contributed by atoms with Crippen molar-refractivity contribution in [2.45, 2.75) is 57.6 Å². The van der Waals surface area contributed by atoms with E-state index in [4.69, 9.17) is 0 Å². The van der Waals surface area contributed by atoms with Gasteiger partial charge in [0.1, 0.15) is 0 Å². The summed E-state index contributed by atoms with van der Waals surface area (Å²) in [6, 6.07) is 3.79. The van der Waals surface area contributed by atoms with Gasteiger partial charge in [-0.2, -0.15) is 0 Å². The number of pyridine rings is 1. The third kappa shape index (κ3) is 7.09. The molecule has 29 heavy (non-hydrogen) atoms. The Morgan fingerprint density at radius 2 is 2.00 bits per heavy atom. The quantitative estimate of drug-likeness (QED) is 0.308. The Hall–Kier alpha value is -1.42. The van der Waals surface area contributed by atoms with E-state index >= 15 is 0 Å². The number of nitrogens with zero attached hydrogens (tertiary/aromatic N) is 3. The molecule has 1 amide bonds. The number of nitrogens with one attached hydrogen (secondary N) is 2. The van der Waals surface area contributed by atoms with Crippen LogP contribution in [0.5, 0.6) is 0 Å². The fraction of sp³-hybridized carbons (Fsp3) is 0.667. The average Bonchev–Trinajstić information content (AvgIpc) is 3.21. The Bertz CT molecular complexity index is 652. The topological polar surface area (TPSA) is 89.8 Å². The van der Waals surface area contributed by atoms with Crippen molar-refractivity contribution in [2.75, 3.05) is 26.2 Å². The van der Waals surface area contributed by atoms with Crippen molar-refractivity contribution in [3.8, 4) is 0 Å². The minimum Gasteiger partial charge on any atom is -0.386 e. The van der Waals surface area contributed by atoms with Crippen LogP contribution in [-0.4, -0.2) is 59.1 Å². The van der Waals surface area contributed by atoms with Crippen molar-refractivity contribution >= 4 is 35.8 Å². The van der Waals surface area contributed by atoms with Gasteiger partial charge in [0.2, 0.25) is 5.91 Å². The number of hydrogen-bond acceptors (Lipinski definition) is 4. The molecular weight excluding hydrogens is 481 g/mol. The van der Waals surface area contributed by atoms with Crippen LogP contribution in [0.1, 0.15) is 57.1 Å². The molecule has 3 rings (SSSR count). The summed E-state index contributed by atoms with van der Waals surface area (Å²) in [6.45, 7) is 4.58. The zero-order chi connectivity index (χ0) is 19.8. The van der Waals surface area contributed by atoms with Crippen molar-refractivity contribution in [2.24, 2.45) is 10.9 Å². The van der Waals surface area contributed by atoms with Crippen LogP contribution in [0, 0.1) is 5.92 Å². The van der Waals surface area contributed by atoms with Crippen LogP contribution in [0.4, 0.5) is 0 Å². The molecule has 1 saturated carbocycles. The smallest absolute Gasteiger partial charge is 0.225 e. The molecule has 1 aromatic rings. The summed E-state index contributed by atoms with van der Waals surface area (Å²) in [5.74, 6) is 1.25. The average molecular weight is 515 g/mol. The number of carbonyl (C=O) groups excluding carboxylic acids is 1. The second-order valence-electron chi connectivity index (χ2n) is 7.77. The van der Waals surface area contributed by atoms with Gasteiger partial charge < -0.3 is 20.6 Å². The Morgan fingerprint density at radius 3 is 2.69 bits per heavy atom. The maximum atomic E-state index is 12.7. The molecule has 7 nitrogen and oxygen atoms in total. The molecule has 0 aromatic carbocycles. The van der Waals surface area contributed by atoms with E-state index in [0.29, 0.717) is 11.9 Å². The number of aliphatic hydroxyl groups is 1. The first-order valence-corrected chi connectivity index (χ1v) is 10.6. The monoisotopic (exact) mass is 515 g/mol. The zero-order valence-corrected chi connectivity index (χ0v) is 19.5. The summed E-state index contributed by atoms with van der Waals surface area (Å²) >= 11 is 0. The predicted octanol–water partition coefficient (Wildman–Crippen LogP) is 2.47. The van der Waals surface area contributed by atoms with Gasteiger partial charge in [0.25, 0.3) is 0 Å². The summed E-state index contributed by atoms with van der Waals surface area (Å²) < 4.78 is 0. The van der Waals surface area contributed by atoms with Crippen LogP contribution >= 0.6 is 24.0 Å². The predicted molar refractivity (Wildman–Crippen MR) is 125 cm³/mol. The lowest BCUT2D eigenvalue weighted by molar-refractivity contribution is -0.135. The van der Waals surface area contributed by atoms with E-state index in [1.54, 1.807) is 24.5 Å². The number of aliphatic imine (C=N–C) groups is 1. The van der Waals surface area contributed by atoms with E-state index in [2.05, 4.69) is 20.6 Å². The largest absolute Gasteiger partial charge is 0.386 e. The lowest BCUT2D eigenvalue weighted by atomic mass is 9.88. The molecule has 162 valence electrons. The first-order valence-electron chi connectivity index (χ1n) is 10.6. The second-order valence-corrected chi connectivity index (χ2v) is 7.77. The maximum Gasteiger partial charge on any atom is 0.225 e. The van der Waals surface area contributed by atoms with Gasteiger partial charge in [-0.1, -0.05) is 19.3 Å². The normalized spacial score (nSPS) is 21.4. The summed E-state index contributed by atoms with van der Waals surface area (Å²) in [5, 5.41) is 17.0. The third-order valence-corrected chi connectivity index (χ3v) is 5.65. The molecule has 3 N–H and O–H groups in total. The van der Waals surface area contributed by atoms with Gasteiger partial charge in [0.15, 0.2) is 5.96 Å². The number of rotatable bonds is 6. The highest BCUT2D eigenvalue weighted by atomic mass is 127. The molecule has 2 unspecified atom stereocenters. The molecule has 0 radical (unpaired) electrons. The minimum atomic E-state index is -0.661. The van der Waals surface area contributed by atoms with Crippen LogP contribution in [-0.2, 0) is 4.79 Å². The highest BCUT2D eigenvalue weighted by molar-refractivity contribution is 14.0. The fourth-order valence-corrected chi connectivity index (χ4v) is 4.07. The second kappa shape index (κ2) is 12.3. The van der Waals surface area contributed by atoms with Gasteiger partial charge in [0, 0.05) is 44.0 Å². The standard InChI is InChI=1S/C21H33N5O2.HI/c1-2-23-21(24-14-19(27)16-8-11-22-12-9-16)25-18-10-13-26(15-18)20(28)17-6-4-3-5-7-17;/h8-9,11-12,17-19,27H,2-7,10,13-15H2,1H3,(H2,23,24,25);1H. The number of aliphatic hydroxyl groups excluding tert-OH is 1. The van der Waals surface area contributed by atoms with E-state index in [1.165, 1.54) is 19.3 Å². The number of hydrogen-bond donors (Lipinski definition) is 3. The molecule has 1 aliphatic carbocycles. The lowest BCUT2D eigenvalue weighted by Crippen LogP contribution is -2.45. The van der Waals surface area contributed by atoms with E-state index in [9.17, 15) is 9.90 Å². The number of likely N-dealkylation sites (tertiary alicyclic amines) is 1. The first-order chi connectivity index (χ1) is 13.7. The SMILES string of the molecule is CCNC(=NCC(O)c1ccncc1)NC1CCN(C(=O)C2CCCCC2)C1.I. The maximum absolute atomic E-state index is 12.7. The lowest BCUT2D eigenvalue weighted by Gasteiger charge is -2.26. The van der Waals surface area contributed by atoms with Gasteiger partial charge in [-0.15, -0.1) is 24.0 Å². The third-order valence-electron chi connectivity index (χ3n) is 5.65. The number of aromatic nitrogens is 1. The van der Waals surface area contributed by atoms with Crippen molar-refractivity contribution in [1.82, 2.24) is 20.5 Å². The number of guanidine groups is 1. The van der Waals surface area contributed by atoms with Crippen LogP contribution in [0.15, 0.2) is 29.5 Å². The van der Waals surface area contributed by atoms with Gasteiger partial charge >= 0.3 is 0 Å². The molecule has 0 spiro atoms. The Kier molecular flexibility index (Phi) is 10.1. The number of halogens is 1. The van der Waals surface area contributed by atoms with Crippen molar-refractivity contribution in [3.05, 3.63) is 30.1 Å². The van der Waals surface area contributed by atoms with Crippen LogP contribution in [0.25, 0.3) is 0 Å². The molecule has 8 heteroatoms. The highest BCUT2D eigenvalue weighted by Gasteiger charge is 2.31.